The van der Waals surface area contributed by atoms with E-state index < -0.39 is 0 Å². The Labute approximate surface area is 116 Å². The summed E-state index contributed by atoms with van der Waals surface area (Å²) in [5.41, 5.74) is 2.31. The molecule has 19 heavy (non-hydrogen) atoms. The van der Waals surface area contributed by atoms with Gasteiger partial charge in [0, 0.05) is 17.5 Å². The molecule has 98 valence electrons. The molecule has 3 aromatic rings. The largest absolute Gasteiger partial charge is 0.323 e. The first-order chi connectivity index (χ1) is 9.28. The Balaban J connectivity index is 2.06. The van der Waals surface area contributed by atoms with Crippen LogP contribution in [0.1, 0.15) is 29.1 Å². The number of hydrogen-bond acceptors (Lipinski definition) is 3. The van der Waals surface area contributed by atoms with Crippen molar-refractivity contribution in [3.63, 3.8) is 0 Å². The standard InChI is InChI=1S/C15H17N3S/c1-3-6-15-17-13-7-4-5-8-14(13)18(15)10-12-9-16-11(2)19-12/h4-5,7-9H,3,6,10H2,1-2H3. The maximum absolute atomic E-state index is 4.75. The van der Waals surface area contributed by atoms with Crippen molar-refractivity contribution in [3.05, 3.63) is 46.2 Å². The van der Waals surface area contributed by atoms with E-state index in [-0.39, 0.29) is 0 Å². The molecule has 1 aromatic carbocycles. The molecule has 4 heteroatoms. The van der Waals surface area contributed by atoms with Crippen LogP contribution in [0.15, 0.2) is 30.5 Å². The summed E-state index contributed by atoms with van der Waals surface area (Å²) in [4.78, 5) is 10.4. The van der Waals surface area contributed by atoms with Crippen LogP contribution in [0.25, 0.3) is 11.0 Å². The highest BCUT2D eigenvalue weighted by atomic mass is 32.1. The van der Waals surface area contributed by atoms with Crippen molar-refractivity contribution in [2.75, 3.05) is 0 Å². The second-order valence-corrected chi connectivity index (χ2v) is 6.02. The molecule has 0 radical (unpaired) electrons. The minimum atomic E-state index is 0.876. The smallest absolute Gasteiger partial charge is 0.110 e. The fourth-order valence-electron chi connectivity index (χ4n) is 2.35. The molecule has 0 aliphatic heterocycles. The monoisotopic (exact) mass is 271 g/mol. The summed E-state index contributed by atoms with van der Waals surface area (Å²) in [5.74, 6) is 1.18. The Bertz CT molecular complexity index is 696. The lowest BCUT2D eigenvalue weighted by Gasteiger charge is -2.06. The molecule has 0 aliphatic rings. The predicted molar refractivity (Wildman–Crippen MR) is 79.7 cm³/mol. The summed E-state index contributed by atoms with van der Waals surface area (Å²) < 4.78 is 2.33. The number of hydrogen-bond donors (Lipinski definition) is 0. The number of fused-ring (bicyclic) bond motifs is 1. The van der Waals surface area contributed by atoms with Crippen LogP contribution in [0.3, 0.4) is 0 Å². The molecule has 3 nitrogen and oxygen atoms in total. The number of rotatable bonds is 4. The quantitative estimate of drug-likeness (QED) is 0.722. The van der Waals surface area contributed by atoms with Crippen molar-refractivity contribution in [1.82, 2.24) is 14.5 Å². The van der Waals surface area contributed by atoms with E-state index in [1.807, 2.05) is 19.2 Å². The molecule has 0 unspecified atom stereocenters. The summed E-state index contributed by atoms with van der Waals surface area (Å²) in [6.45, 7) is 5.12. The van der Waals surface area contributed by atoms with Gasteiger partial charge >= 0.3 is 0 Å². The first kappa shape index (κ1) is 12.4. The van der Waals surface area contributed by atoms with Gasteiger partial charge in [-0.3, -0.25) is 0 Å². The number of aryl methyl sites for hydroxylation is 2. The van der Waals surface area contributed by atoms with Gasteiger partial charge in [0.2, 0.25) is 0 Å². The molecule has 0 spiro atoms. The minimum Gasteiger partial charge on any atom is -0.323 e. The van der Waals surface area contributed by atoms with Crippen molar-refractivity contribution in [1.29, 1.82) is 0 Å². The third-order valence-corrected chi connectivity index (χ3v) is 4.09. The van der Waals surface area contributed by atoms with Crippen LogP contribution in [0.5, 0.6) is 0 Å². The second kappa shape index (κ2) is 5.13. The lowest BCUT2D eigenvalue weighted by molar-refractivity contribution is 0.727. The second-order valence-electron chi connectivity index (χ2n) is 4.70. The number of nitrogens with zero attached hydrogens (tertiary/aromatic N) is 3. The van der Waals surface area contributed by atoms with Crippen LogP contribution >= 0.6 is 11.3 Å². The predicted octanol–water partition coefficient (Wildman–Crippen LogP) is 3.80. The van der Waals surface area contributed by atoms with Gasteiger partial charge in [-0.05, 0) is 25.5 Å². The van der Waals surface area contributed by atoms with Crippen molar-refractivity contribution in [3.8, 4) is 0 Å². The maximum Gasteiger partial charge on any atom is 0.110 e. The van der Waals surface area contributed by atoms with E-state index in [1.165, 1.54) is 16.2 Å². The van der Waals surface area contributed by atoms with Gasteiger partial charge < -0.3 is 4.57 Å². The van der Waals surface area contributed by atoms with Crippen LogP contribution in [0.4, 0.5) is 0 Å². The average molecular weight is 271 g/mol. The summed E-state index contributed by atoms with van der Waals surface area (Å²) in [7, 11) is 0. The number of imidazole rings is 1. The summed E-state index contributed by atoms with van der Waals surface area (Å²) >= 11 is 1.76. The third kappa shape index (κ3) is 2.40. The van der Waals surface area contributed by atoms with Crippen molar-refractivity contribution >= 4 is 22.4 Å². The van der Waals surface area contributed by atoms with E-state index in [4.69, 9.17) is 4.98 Å². The summed E-state index contributed by atoms with van der Waals surface area (Å²) in [6, 6.07) is 8.36. The fraction of sp³-hybridized carbons (Fsp3) is 0.333. The molecule has 0 aliphatic carbocycles. The zero-order valence-corrected chi connectivity index (χ0v) is 12.1. The normalized spacial score (nSPS) is 11.3. The zero-order valence-electron chi connectivity index (χ0n) is 11.3. The Hall–Kier alpha value is -1.68. The van der Waals surface area contributed by atoms with Crippen LogP contribution in [-0.2, 0) is 13.0 Å². The van der Waals surface area contributed by atoms with Gasteiger partial charge in [0.15, 0.2) is 0 Å². The van der Waals surface area contributed by atoms with Gasteiger partial charge in [0.25, 0.3) is 0 Å². The molecule has 0 atom stereocenters. The Morgan fingerprint density at radius 2 is 2.11 bits per heavy atom. The van der Waals surface area contributed by atoms with Crippen LogP contribution in [0, 0.1) is 6.92 Å². The number of thiazole rings is 1. The van der Waals surface area contributed by atoms with Crippen LogP contribution in [-0.4, -0.2) is 14.5 Å². The van der Waals surface area contributed by atoms with E-state index in [0.717, 1.165) is 29.9 Å². The SMILES string of the molecule is CCCc1nc2ccccc2n1Cc1cnc(C)s1. The van der Waals surface area contributed by atoms with Crippen molar-refractivity contribution in [2.45, 2.75) is 33.2 Å². The first-order valence-electron chi connectivity index (χ1n) is 6.63. The van der Waals surface area contributed by atoms with E-state index in [9.17, 15) is 0 Å². The van der Waals surface area contributed by atoms with E-state index in [1.54, 1.807) is 11.3 Å². The molecular formula is C15H17N3S. The molecule has 2 aromatic heterocycles. The molecule has 0 saturated heterocycles. The average Bonchev–Trinajstić information content (AvgIpc) is 2.96. The van der Waals surface area contributed by atoms with Gasteiger partial charge in [0.1, 0.15) is 5.82 Å². The van der Waals surface area contributed by atoms with Gasteiger partial charge in [0.05, 0.1) is 22.6 Å². The topological polar surface area (TPSA) is 30.7 Å². The van der Waals surface area contributed by atoms with Crippen LogP contribution in [0.2, 0.25) is 0 Å². The van der Waals surface area contributed by atoms with Gasteiger partial charge in [-0.1, -0.05) is 19.1 Å². The highest BCUT2D eigenvalue weighted by Crippen LogP contribution is 2.21. The Morgan fingerprint density at radius 3 is 2.84 bits per heavy atom. The number of aromatic nitrogens is 3. The molecular weight excluding hydrogens is 254 g/mol. The molecule has 0 bridgehead atoms. The lowest BCUT2D eigenvalue weighted by Crippen LogP contribution is -2.03. The van der Waals surface area contributed by atoms with E-state index in [2.05, 4.69) is 34.7 Å². The van der Waals surface area contributed by atoms with Gasteiger partial charge in [-0.2, -0.15) is 0 Å². The molecule has 3 rings (SSSR count). The minimum absolute atomic E-state index is 0.876. The Morgan fingerprint density at radius 1 is 1.26 bits per heavy atom. The summed E-state index contributed by atoms with van der Waals surface area (Å²) in [6.07, 6.45) is 4.11. The Kier molecular flexibility index (Phi) is 3.34. The third-order valence-electron chi connectivity index (χ3n) is 3.19. The maximum atomic E-state index is 4.75. The van der Waals surface area contributed by atoms with Gasteiger partial charge in [-0.15, -0.1) is 11.3 Å². The van der Waals surface area contributed by atoms with Crippen molar-refractivity contribution < 1.29 is 0 Å². The molecule has 0 saturated carbocycles. The number of benzene rings is 1. The molecule has 0 fully saturated rings. The summed E-state index contributed by atoms with van der Waals surface area (Å²) in [5, 5.41) is 1.12. The lowest BCUT2D eigenvalue weighted by atomic mass is 10.3. The first-order valence-corrected chi connectivity index (χ1v) is 7.45. The number of para-hydroxylation sites is 2. The molecule has 0 amide bonds. The molecule has 2 heterocycles. The highest BCUT2D eigenvalue weighted by molar-refractivity contribution is 7.11. The van der Waals surface area contributed by atoms with Crippen LogP contribution < -0.4 is 0 Å². The fourth-order valence-corrected chi connectivity index (χ4v) is 3.13. The highest BCUT2D eigenvalue weighted by Gasteiger charge is 2.11. The zero-order chi connectivity index (χ0) is 13.2. The van der Waals surface area contributed by atoms with Gasteiger partial charge in [-0.25, -0.2) is 9.97 Å². The molecule has 0 N–H and O–H groups in total. The van der Waals surface area contributed by atoms with E-state index >= 15 is 0 Å². The van der Waals surface area contributed by atoms with E-state index in [0.29, 0.717) is 0 Å². The van der Waals surface area contributed by atoms with Crippen molar-refractivity contribution in [2.24, 2.45) is 0 Å².